The van der Waals surface area contributed by atoms with E-state index in [2.05, 4.69) is 37.5 Å². The average molecular weight is 487 g/mol. The molecule has 0 aliphatic carbocycles. The molecular formula is C30H32F2N4. The van der Waals surface area contributed by atoms with Gasteiger partial charge in [0.25, 0.3) is 0 Å². The second-order valence-corrected chi connectivity index (χ2v) is 10.1. The van der Waals surface area contributed by atoms with E-state index in [0.29, 0.717) is 6.17 Å². The van der Waals surface area contributed by atoms with E-state index in [1.165, 1.54) is 35.3 Å². The summed E-state index contributed by atoms with van der Waals surface area (Å²) in [7, 11) is 0. The number of hydrogen-bond acceptors (Lipinski definition) is 3. The van der Waals surface area contributed by atoms with Crippen LogP contribution in [0.4, 0.5) is 8.78 Å². The van der Waals surface area contributed by atoms with Crippen molar-refractivity contribution in [2.75, 3.05) is 32.7 Å². The molecule has 36 heavy (non-hydrogen) atoms. The summed E-state index contributed by atoms with van der Waals surface area (Å²) < 4.78 is 29.4. The lowest BCUT2D eigenvalue weighted by Gasteiger charge is -2.41. The lowest BCUT2D eigenvalue weighted by molar-refractivity contribution is 0.0594. The van der Waals surface area contributed by atoms with Crippen LogP contribution in [0.15, 0.2) is 73.1 Å². The van der Waals surface area contributed by atoms with Crippen molar-refractivity contribution < 1.29 is 8.78 Å². The van der Waals surface area contributed by atoms with Gasteiger partial charge in [-0.1, -0.05) is 36.4 Å². The zero-order valence-electron chi connectivity index (χ0n) is 20.5. The molecule has 186 valence electrons. The van der Waals surface area contributed by atoms with Gasteiger partial charge in [-0.3, -0.25) is 4.90 Å². The summed E-state index contributed by atoms with van der Waals surface area (Å²) in [5.41, 5.74) is 5.99. The van der Waals surface area contributed by atoms with Crippen LogP contribution in [-0.4, -0.2) is 52.1 Å². The maximum atomic E-state index is 13.5. The maximum Gasteiger partial charge on any atom is 0.123 e. The van der Waals surface area contributed by atoms with Gasteiger partial charge in [-0.05, 0) is 79.3 Å². The maximum absolute atomic E-state index is 13.5. The highest BCUT2D eigenvalue weighted by atomic mass is 19.1. The first-order valence-corrected chi connectivity index (χ1v) is 13.1. The number of hydrogen-bond donors (Lipinski definition) is 0. The smallest absolute Gasteiger partial charge is 0.123 e. The number of para-hydroxylation sites is 1. The van der Waals surface area contributed by atoms with Gasteiger partial charge in [0.05, 0.1) is 23.5 Å². The van der Waals surface area contributed by atoms with Crippen molar-refractivity contribution in [3.8, 4) is 0 Å². The summed E-state index contributed by atoms with van der Waals surface area (Å²) in [5, 5.41) is 0. The summed E-state index contributed by atoms with van der Waals surface area (Å²) in [6, 6.07) is 20.0. The third-order valence-electron chi connectivity index (χ3n) is 8.01. The number of benzene rings is 3. The molecule has 0 radical (unpaired) electrons. The van der Waals surface area contributed by atoms with Gasteiger partial charge in [-0.15, -0.1) is 0 Å². The van der Waals surface area contributed by atoms with E-state index in [9.17, 15) is 8.78 Å². The molecule has 1 unspecified atom stereocenters. The van der Waals surface area contributed by atoms with Gasteiger partial charge < -0.3 is 9.47 Å². The van der Waals surface area contributed by atoms with Gasteiger partial charge in [0.2, 0.25) is 0 Å². The Morgan fingerprint density at radius 3 is 2.17 bits per heavy atom. The van der Waals surface area contributed by atoms with Gasteiger partial charge in [0, 0.05) is 32.1 Å². The van der Waals surface area contributed by atoms with Crippen molar-refractivity contribution in [2.45, 2.75) is 37.8 Å². The minimum Gasteiger partial charge on any atom is -0.314 e. The fraction of sp³-hybridized carbons (Fsp3) is 0.367. The number of nitrogens with zero attached hydrogens (tertiary/aromatic N) is 4. The molecule has 4 aromatic rings. The largest absolute Gasteiger partial charge is 0.314 e. The van der Waals surface area contributed by atoms with Crippen molar-refractivity contribution in [3.63, 3.8) is 0 Å². The Labute approximate surface area is 211 Å². The monoisotopic (exact) mass is 486 g/mol. The van der Waals surface area contributed by atoms with Crippen molar-refractivity contribution in [1.82, 2.24) is 19.4 Å². The third kappa shape index (κ3) is 4.67. The number of rotatable bonds is 7. The second-order valence-electron chi connectivity index (χ2n) is 10.1. The van der Waals surface area contributed by atoms with Crippen molar-refractivity contribution in [3.05, 3.63) is 101 Å². The SMILES string of the molecule is Fc1ccc(C(CCCN2CCN(C3CCc4cccc5ncn3c45)CC2)c2ccc(F)cc2)cc1. The highest BCUT2D eigenvalue weighted by molar-refractivity contribution is 5.79. The van der Waals surface area contributed by atoms with Crippen LogP contribution in [0.2, 0.25) is 0 Å². The lowest BCUT2D eigenvalue weighted by Crippen LogP contribution is -2.49. The zero-order valence-corrected chi connectivity index (χ0v) is 20.5. The Balaban J connectivity index is 1.06. The number of aromatic nitrogens is 2. The predicted molar refractivity (Wildman–Crippen MR) is 139 cm³/mol. The summed E-state index contributed by atoms with van der Waals surface area (Å²) >= 11 is 0. The van der Waals surface area contributed by atoms with Crippen LogP contribution in [0.3, 0.4) is 0 Å². The van der Waals surface area contributed by atoms with Gasteiger partial charge in [0.15, 0.2) is 0 Å². The summed E-state index contributed by atoms with van der Waals surface area (Å²) in [6.45, 7) is 5.29. The van der Waals surface area contributed by atoms with E-state index in [-0.39, 0.29) is 17.6 Å². The molecule has 0 amide bonds. The van der Waals surface area contributed by atoms with Crippen LogP contribution in [0.5, 0.6) is 0 Å². The van der Waals surface area contributed by atoms with Crippen molar-refractivity contribution in [1.29, 1.82) is 0 Å². The first-order valence-electron chi connectivity index (χ1n) is 13.1. The molecule has 1 saturated heterocycles. The fourth-order valence-corrected chi connectivity index (χ4v) is 6.09. The molecule has 2 aliphatic rings. The Morgan fingerprint density at radius 1 is 0.833 bits per heavy atom. The molecule has 0 saturated carbocycles. The molecule has 6 heteroatoms. The van der Waals surface area contributed by atoms with Crippen LogP contribution in [-0.2, 0) is 6.42 Å². The molecule has 6 rings (SSSR count). The normalized spacial score (nSPS) is 18.8. The van der Waals surface area contributed by atoms with Crippen LogP contribution >= 0.6 is 0 Å². The minimum absolute atomic E-state index is 0.137. The predicted octanol–water partition coefficient (Wildman–Crippen LogP) is 5.99. The highest BCUT2D eigenvalue weighted by Gasteiger charge is 2.29. The number of imidazole rings is 1. The summed E-state index contributed by atoms with van der Waals surface area (Å²) in [5.74, 6) is -0.321. The first kappa shape index (κ1) is 23.3. The molecule has 4 nitrogen and oxygen atoms in total. The van der Waals surface area contributed by atoms with E-state index in [1.54, 1.807) is 0 Å². The Hall–Kier alpha value is -3.09. The van der Waals surface area contributed by atoms with Gasteiger partial charge in [-0.25, -0.2) is 13.8 Å². The first-order chi connectivity index (χ1) is 17.7. The minimum atomic E-state index is -0.229. The molecule has 3 aromatic carbocycles. The quantitative estimate of drug-likeness (QED) is 0.321. The van der Waals surface area contributed by atoms with Crippen LogP contribution in [0.1, 0.15) is 48.0 Å². The number of aryl methyl sites for hydroxylation is 1. The molecule has 1 fully saturated rings. The second kappa shape index (κ2) is 10.1. The van der Waals surface area contributed by atoms with Crippen LogP contribution < -0.4 is 0 Å². The van der Waals surface area contributed by atoms with Crippen LogP contribution in [0, 0.1) is 11.6 Å². The van der Waals surface area contributed by atoms with E-state index in [4.69, 9.17) is 0 Å². The Bertz CT molecular complexity index is 1260. The van der Waals surface area contributed by atoms with Crippen molar-refractivity contribution in [2.24, 2.45) is 0 Å². The lowest BCUT2D eigenvalue weighted by atomic mass is 9.87. The fourth-order valence-electron chi connectivity index (χ4n) is 6.09. The van der Waals surface area contributed by atoms with Crippen LogP contribution in [0.25, 0.3) is 11.0 Å². The topological polar surface area (TPSA) is 24.3 Å². The third-order valence-corrected chi connectivity index (χ3v) is 8.01. The molecule has 1 aromatic heterocycles. The Morgan fingerprint density at radius 2 is 1.50 bits per heavy atom. The molecule has 0 bridgehead atoms. The molecule has 1 atom stereocenters. The van der Waals surface area contributed by atoms with Gasteiger partial charge in [-0.2, -0.15) is 0 Å². The molecular weight excluding hydrogens is 454 g/mol. The highest BCUT2D eigenvalue weighted by Crippen LogP contribution is 2.33. The van der Waals surface area contributed by atoms with E-state index < -0.39 is 0 Å². The Kier molecular flexibility index (Phi) is 6.55. The summed E-state index contributed by atoms with van der Waals surface area (Å²) in [6.07, 6.45) is 6.66. The summed E-state index contributed by atoms with van der Waals surface area (Å²) in [4.78, 5) is 9.83. The number of halogens is 2. The molecule has 0 N–H and O–H groups in total. The molecule has 2 aliphatic heterocycles. The molecule has 3 heterocycles. The molecule has 0 spiro atoms. The average Bonchev–Trinajstić information content (AvgIpc) is 3.35. The van der Waals surface area contributed by atoms with E-state index in [1.807, 2.05) is 30.6 Å². The van der Waals surface area contributed by atoms with Crippen molar-refractivity contribution >= 4 is 11.0 Å². The number of piperazine rings is 1. The standard InChI is InChI=1S/C30H32F2N4/c31-25-11-6-22(7-12-25)27(23-8-13-26(32)14-9-23)4-2-16-34-17-19-35(20-18-34)29-15-10-24-3-1-5-28-30(24)36(29)21-33-28/h1,3,5-9,11-14,21,27,29H,2,4,10,15-20H2. The zero-order chi connectivity index (χ0) is 24.5. The van der Waals surface area contributed by atoms with Gasteiger partial charge in [0.1, 0.15) is 11.6 Å². The van der Waals surface area contributed by atoms with Gasteiger partial charge >= 0.3 is 0 Å². The van der Waals surface area contributed by atoms with E-state index >= 15 is 0 Å². The van der Waals surface area contributed by atoms with E-state index in [0.717, 1.165) is 75.1 Å².